The SMILES string of the molecule is CC1Oc2ccc(NC(=O)/C=C/c3ccc(OCc4ccccc4)cc3)cc2N(Cc2ccccc2Cl)C1=O. The summed E-state index contributed by atoms with van der Waals surface area (Å²) < 4.78 is 11.6. The molecule has 2 amide bonds. The molecule has 4 aromatic carbocycles. The first-order chi connectivity index (χ1) is 19.0. The number of fused-ring (bicyclic) bond motifs is 1. The lowest BCUT2D eigenvalue weighted by Gasteiger charge is -2.33. The summed E-state index contributed by atoms with van der Waals surface area (Å²) in [6.07, 6.45) is 2.57. The molecule has 1 N–H and O–H groups in total. The Morgan fingerprint density at radius 2 is 1.74 bits per heavy atom. The molecule has 1 atom stereocenters. The van der Waals surface area contributed by atoms with E-state index in [0.717, 1.165) is 22.4 Å². The zero-order valence-corrected chi connectivity index (χ0v) is 22.1. The van der Waals surface area contributed by atoms with E-state index in [2.05, 4.69) is 5.32 Å². The monoisotopic (exact) mass is 538 g/mol. The summed E-state index contributed by atoms with van der Waals surface area (Å²) in [6, 6.07) is 30.1. The van der Waals surface area contributed by atoms with Gasteiger partial charge in [0.25, 0.3) is 5.91 Å². The van der Waals surface area contributed by atoms with E-state index in [-0.39, 0.29) is 11.8 Å². The zero-order chi connectivity index (χ0) is 27.2. The van der Waals surface area contributed by atoms with Crippen molar-refractivity contribution >= 4 is 40.9 Å². The molecule has 196 valence electrons. The van der Waals surface area contributed by atoms with Crippen molar-refractivity contribution in [2.75, 3.05) is 10.2 Å². The lowest BCUT2D eigenvalue weighted by atomic mass is 10.1. The fourth-order valence-corrected chi connectivity index (χ4v) is 4.41. The van der Waals surface area contributed by atoms with Crippen LogP contribution in [0.2, 0.25) is 5.02 Å². The molecular formula is C32H27ClN2O4. The second kappa shape index (κ2) is 11.9. The predicted molar refractivity (Wildman–Crippen MR) is 154 cm³/mol. The van der Waals surface area contributed by atoms with Crippen LogP contribution >= 0.6 is 11.6 Å². The van der Waals surface area contributed by atoms with Gasteiger partial charge >= 0.3 is 0 Å². The van der Waals surface area contributed by atoms with Gasteiger partial charge in [-0.2, -0.15) is 0 Å². The second-order valence-electron chi connectivity index (χ2n) is 9.12. The normalized spacial score (nSPS) is 14.6. The molecule has 1 aliphatic heterocycles. The Bertz CT molecular complexity index is 1500. The third-order valence-corrected chi connectivity index (χ3v) is 6.65. The van der Waals surface area contributed by atoms with Crippen LogP contribution < -0.4 is 19.7 Å². The van der Waals surface area contributed by atoms with E-state index >= 15 is 0 Å². The van der Waals surface area contributed by atoms with Crippen LogP contribution in [0.3, 0.4) is 0 Å². The Hall–Kier alpha value is -4.55. The molecule has 7 heteroatoms. The average molecular weight is 539 g/mol. The fourth-order valence-electron chi connectivity index (χ4n) is 4.22. The van der Waals surface area contributed by atoms with E-state index < -0.39 is 6.10 Å². The molecule has 0 saturated carbocycles. The van der Waals surface area contributed by atoms with Crippen LogP contribution in [-0.4, -0.2) is 17.9 Å². The van der Waals surface area contributed by atoms with Gasteiger partial charge in [-0.25, -0.2) is 0 Å². The van der Waals surface area contributed by atoms with Gasteiger partial charge in [-0.1, -0.05) is 72.3 Å². The fraction of sp³-hybridized carbons (Fsp3) is 0.125. The third-order valence-electron chi connectivity index (χ3n) is 6.28. The molecule has 0 radical (unpaired) electrons. The van der Waals surface area contributed by atoms with Crippen molar-refractivity contribution in [1.82, 2.24) is 0 Å². The number of nitrogens with zero attached hydrogens (tertiary/aromatic N) is 1. The zero-order valence-electron chi connectivity index (χ0n) is 21.3. The number of rotatable bonds is 8. The quantitative estimate of drug-likeness (QED) is 0.248. The highest BCUT2D eigenvalue weighted by Crippen LogP contribution is 2.37. The molecule has 0 aromatic heterocycles. The Labute approximate surface area is 232 Å². The van der Waals surface area contributed by atoms with Crippen molar-refractivity contribution in [2.45, 2.75) is 26.2 Å². The lowest BCUT2D eigenvalue weighted by molar-refractivity contribution is -0.125. The maximum absolute atomic E-state index is 13.0. The van der Waals surface area contributed by atoms with Crippen LogP contribution in [0, 0.1) is 0 Å². The second-order valence-corrected chi connectivity index (χ2v) is 9.53. The summed E-state index contributed by atoms with van der Waals surface area (Å²) in [5.41, 5.74) is 3.90. The van der Waals surface area contributed by atoms with Crippen LogP contribution in [0.5, 0.6) is 11.5 Å². The number of halogens is 1. The average Bonchev–Trinajstić information content (AvgIpc) is 2.95. The summed E-state index contributed by atoms with van der Waals surface area (Å²) in [6.45, 7) is 2.50. The molecule has 0 spiro atoms. The van der Waals surface area contributed by atoms with Crippen LogP contribution in [0.15, 0.2) is 103 Å². The van der Waals surface area contributed by atoms with Gasteiger partial charge in [-0.3, -0.25) is 9.59 Å². The summed E-state index contributed by atoms with van der Waals surface area (Å²) in [7, 11) is 0. The van der Waals surface area contributed by atoms with Crippen molar-refractivity contribution in [3.8, 4) is 11.5 Å². The molecule has 1 aliphatic rings. The molecule has 0 bridgehead atoms. The maximum Gasteiger partial charge on any atom is 0.268 e. The number of carbonyl (C=O) groups is 2. The maximum atomic E-state index is 13.0. The summed E-state index contributed by atoms with van der Waals surface area (Å²) >= 11 is 6.35. The van der Waals surface area contributed by atoms with Gasteiger partial charge in [0.1, 0.15) is 18.1 Å². The van der Waals surface area contributed by atoms with E-state index in [0.29, 0.717) is 35.3 Å². The largest absolute Gasteiger partial charge is 0.489 e. The first-order valence-corrected chi connectivity index (χ1v) is 13.0. The Balaban J connectivity index is 1.24. The van der Waals surface area contributed by atoms with Crippen LogP contribution in [0.1, 0.15) is 23.6 Å². The number of ether oxygens (including phenoxy) is 2. The van der Waals surface area contributed by atoms with Crippen molar-refractivity contribution in [1.29, 1.82) is 0 Å². The third kappa shape index (κ3) is 6.48. The molecule has 6 nitrogen and oxygen atoms in total. The van der Waals surface area contributed by atoms with Crippen molar-refractivity contribution in [3.05, 3.63) is 125 Å². The van der Waals surface area contributed by atoms with Gasteiger partial charge in [0.15, 0.2) is 6.10 Å². The topological polar surface area (TPSA) is 67.9 Å². The number of nitrogens with one attached hydrogen (secondary N) is 1. The van der Waals surface area contributed by atoms with E-state index in [1.54, 1.807) is 42.2 Å². The molecule has 39 heavy (non-hydrogen) atoms. The molecule has 1 heterocycles. The van der Waals surface area contributed by atoms with Gasteiger partial charge in [-0.15, -0.1) is 0 Å². The highest BCUT2D eigenvalue weighted by molar-refractivity contribution is 6.31. The van der Waals surface area contributed by atoms with Crippen LogP contribution in [0.25, 0.3) is 6.08 Å². The number of amides is 2. The Kier molecular flexibility index (Phi) is 7.94. The van der Waals surface area contributed by atoms with Crippen LogP contribution in [-0.2, 0) is 22.7 Å². The highest BCUT2D eigenvalue weighted by atomic mass is 35.5. The number of hydrogen-bond acceptors (Lipinski definition) is 4. The Morgan fingerprint density at radius 3 is 2.51 bits per heavy atom. The number of anilines is 2. The molecule has 0 fully saturated rings. The molecule has 4 aromatic rings. The minimum Gasteiger partial charge on any atom is -0.489 e. The molecule has 5 rings (SSSR count). The van der Waals surface area contributed by atoms with Crippen molar-refractivity contribution in [3.63, 3.8) is 0 Å². The molecular weight excluding hydrogens is 512 g/mol. The van der Waals surface area contributed by atoms with E-state index in [9.17, 15) is 9.59 Å². The van der Waals surface area contributed by atoms with E-state index in [1.807, 2.05) is 72.8 Å². The van der Waals surface area contributed by atoms with E-state index in [1.165, 1.54) is 6.08 Å². The van der Waals surface area contributed by atoms with Gasteiger partial charge < -0.3 is 19.7 Å². The predicted octanol–water partition coefficient (Wildman–Crippen LogP) is 6.89. The van der Waals surface area contributed by atoms with Gasteiger partial charge in [0.2, 0.25) is 5.91 Å². The highest BCUT2D eigenvalue weighted by Gasteiger charge is 2.32. The number of hydrogen-bond donors (Lipinski definition) is 1. The smallest absolute Gasteiger partial charge is 0.268 e. The van der Waals surface area contributed by atoms with Crippen molar-refractivity contribution < 1.29 is 19.1 Å². The standard InChI is InChI=1S/C32H27ClN2O4/c1-22-32(37)35(20-25-9-5-6-10-28(25)33)29-19-26(14-17-30(29)39-22)34-31(36)18-13-23-11-15-27(16-12-23)38-21-24-7-3-2-4-8-24/h2-19,22H,20-21H2,1H3,(H,34,36)/b18-13+. The van der Waals surface area contributed by atoms with E-state index in [4.69, 9.17) is 21.1 Å². The summed E-state index contributed by atoms with van der Waals surface area (Å²) in [4.78, 5) is 27.3. The molecule has 1 unspecified atom stereocenters. The number of carbonyl (C=O) groups excluding carboxylic acids is 2. The first-order valence-electron chi connectivity index (χ1n) is 12.6. The minimum atomic E-state index is -0.626. The minimum absolute atomic E-state index is 0.179. The summed E-state index contributed by atoms with van der Waals surface area (Å²) in [5.74, 6) is 0.842. The lowest BCUT2D eigenvalue weighted by Crippen LogP contribution is -2.44. The van der Waals surface area contributed by atoms with Gasteiger partial charge in [0, 0.05) is 16.8 Å². The van der Waals surface area contributed by atoms with Gasteiger partial charge in [0.05, 0.1) is 12.2 Å². The van der Waals surface area contributed by atoms with Crippen LogP contribution in [0.4, 0.5) is 11.4 Å². The van der Waals surface area contributed by atoms with Crippen molar-refractivity contribution in [2.24, 2.45) is 0 Å². The van der Waals surface area contributed by atoms with Gasteiger partial charge in [-0.05, 0) is 66.1 Å². The summed E-state index contributed by atoms with van der Waals surface area (Å²) in [5, 5.41) is 3.44. The molecule has 0 aliphatic carbocycles. The first kappa shape index (κ1) is 26.1. The Morgan fingerprint density at radius 1 is 1.00 bits per heavy atom. The number of benzene rings is 4. The molecule has 0 saturated heterocycles.